The number of fused-ring (bicyclic) bond motifs is 3. The number of hydrogen-bond donors (Lipinski definition) is 1. The summed E-state index contributed by atoms with van der Waals surface area (Å²) < 4.78 is 10.8. The summed E-state index contributed by atoms with van der Waals surface area (Å²) in [6.45, 7) is 3.22. The van der Waals surface area contributed by atoms with Gasteiger partial charge < -0.3 is 14.5 Å². The fraction of sp³-hybridized carbons (Fsp3) is 0.412. The highest BCUT2D eigenvalue weighted by Crippen LogP contribution is 2.64. The van der Waals surface area contributed by atoms with Crippen LogP contribution in [0.1, 0.15) is 30.0 Å². The maximum absolute atomic E-state index is 11.9. The SMILES string of the molecule is CCN(C(=O)OC)c1ccc2c(c1)C1C(CO2)C1c1cnc[nH]1. The van der Waals surface area contributed by atoms with Crippen molar-refractivity contribution >= 4 is 11.8 Å². The second-order valence-electron chi connectivity index (χ2n) is 5.97. The number of imidazole rings is 1. The Labute approximate surface area is 134 Å². The van der Waals surface area contributed by atoms with Gasteiger partial charge in [-0.15, -0.1) is 0 Å². The molecule has 1 aliphatic carbocycles. The Morgan fingerprint density at radius 2 is 2.35 bits per heavy atom. The number of nitrogens with zero attached hydrogens (tertiary/aromatic N) is 2. The zero-order chi connectivity index (χ0) is 16.0. The number of benzene rings is 1. The predicted molar refractivity (Wildman–Crippen MR) is 84.9 cm³/mol. The number of amides is 1. The van der Waals surface area contributed by atoms with Crippen molar-refractivity contribution in [2.24, 2.45) is 5.92 Å². The lowest BCUT2D eigenvalue weighted by Gasteiger charge is -2.22. The van der Waals surface area contributed by atoms with Crippen molar-refractivity contribution in [3.63, 3.8) is 0 Å². The summed E-state index contributed by atoms with van der Waals surface area (Å²) in [6, 6.07) is 5.92. The summed E-state index contributed by atoms with van der Waals surface area (Å²) in [5, 5.41) is 0. The normalized spacial score (nSPS) is 24.2. The van der Waals surface area contributed by atoms with Crippen LogP contribution in [0, 0.1) is 5.92 Å². The molecule has 2 aliphatic rings. The van der Waals surface area contributed by atoms with Crippen LogP contribution in [0.15, 0.2) is 30.7 Å². The number of aromatic amines is 1. The molecule has 1 amide bonds. The van der Waals surface area contributed by atoms with E-state index in [0.717, 1.165) is 23.7 Å². The second-order valence-corrected chi connectivity index (χ2v) is 5.97. The predicted octanol–water partition coefficient (Wildman–Crippen LogP) is 2.89. The van der Waals surface area contributed by atoms with E-state index < -0.39 is 0 Å². The van der Waals surface area contributed by atoms with Crippen LogP contribution in [0.5, 0.6) is 5.75 Å². The summed E-state index contributed by atoms with van der Waals surface area (Å²) in [5.74, 6) is 2.24. The molecule has 2 aromatic rings. The van der Waals surface area contributed by atoms with Gasteiger partial charge in [0.2, 0.25) is 0 Å². The highest BCUT2D eigenvalue weighted by atomic mass is 16.5. The lowest BCUT2D eigenvalue weighted by Crippen LogP contribution is -2.30. The fourth-order valence-corrected chi connectivity index (χ4v) is 3.69. The topological polar surface area (TPSA) is 67.5 Å². The van der Waals surface area contributed by atoms with Crippen LogP contribution < -0.4 is 9.64 Å². The number of H-pyrrole nitrogens is 1. The maximum Gasteiger partial charge on any atom is 0.413 e. The minimum absolute atomic E-state index is 0.346. The summed E-state index contributed by atoms with van der Waals surface area (Å²) in [6.07, 6.45) is 3.26. The van der Waals surface area contributed by atoms with Crippen molar-refractivity contribution < 1.29 is 14.3 Å². The number of nitrogens with one attached hydrogen (secondary N) is 1. The van der Waals surface area contributed by atoms with E-state index >= 15 is 0 Å². The third-order valence-electron chi connectivity index (χ3n) is 4.85. The van der Waals surface area contributed by atoms with Gasteiger partial charge in [-0.3, -0.25) is 4.90 Å². The van der Waals surface area contributed by atoms with Gasteiger partial charge in [0.25, 0.3) is 0 Å². The molecule has 1 N–H and O–H groups in total. The first-order valence-electron chi connectivity index (χ1n) is 7.85. The first-order valence-corrected chi connectivity index (χ1v) is 7.85. The van der Waals surface area contributed by atoms with E-state index in [1.807, 2.05) is 25.3 Å². The summed E-state index contributed by atoms with van der Waals surface area (Å²) in [7, 11) is 1.40. The van der Waals surface area contributed by atoms with E-state index in [4.69, 9.17) is 9.47 Å². The van der Waals surface area contributed by atoms with Gasteiger partial charge in [0.15, 0.2) is 0 Å². The number of anilines is 1. The van der Waals surface area contributed by atoms with Gasteiger partial charge in [-0.05, 0) is 25.1 Å². The van der Waals surface area contributed by atoms with Crippen molar-refractivity contribution in [2.75, 3.05) is 25.2 Å². The minimum atomic E-state index is -0.346. The number of carbonyl (C=O) groups excluding carboxylic acids is 1. The highest BCUT2D eigenvalue weighted by molar-refractivity contribution is 5.87. The van der Waals surface area contributed by atoms with E-state index in [1.165, 1.54) is 12.7 Å². The summed E-state index contributed by atoms with van der Waals surface area (Å²) >= 11 is 0. The number of rotatable bonds is 3. The molecule has 120 valence electrons. The van der Waals surface area contributed by atoms with Gasteiger partial charge >= 0.3 is 6.09 Å². The van der Waals surface area contributed by atoms with E-state index in [1.54, 1.807) is 11.2 Å². The number of methoxy groups -OCH3 is 1. The number of aromatic nitrogens is 2. The standard InChI is InChI=1S/C17H19N3O3/c1-3-20(17(21)22-2)10-4-5-14-11(6-10)15-12(8-23-14)16(15)13-7-18-9-19-13/h4-7,9,12,15-16H,3,8H2,1-2H3,(H,18,19). The molecule has 6 heteroatoms. The molecule has 0 bridgehead atoms. The van der Waals surface area contributed by atoms with Gasteiger partial charge in [-0.1, -0.05) is 0 Å². The molecule has 23 heavy (non-hydrogen) atoms. The quantitative estimate of drug-likeness (QED) is 0.946. The van der Waals surface area contributed by atoms with Gasteiger partial charge in [0.05, 0.1) is 20.0 Å². The molecule has 1 aromatic carbocycles. The largest absolute Gasteiger partial charge is 0.493 e. The lowest BCUT2D eigenvalue weighted by atomic mass is 10.0. The second kappa shape index (κ2) is 5.30. The van der Waals surface area contributed by atoms with Gasteiger partial charge in [0, 0.05) is 47.4 Å². The van der Waals surface area contributed by atoms with E-state index in [-0.39, 0.29) is 6.09 Å². The van der Waals surface area contributed by atoms with Crippen LogP contribution >= 0.6 is 0 Å². The van der Waals surface area contributed by atoms with Crippen molar-refractivity contribution in [2.45, 2.75) is 18.8 Å². The third kappa shape index (κ3) is 2.17. The molecule has 0 spiro atoms. The molecule has 2 heterocycles. The Morgan fingerprint density at radius 1 is 1.48 bits per heavy atom. The van der Waals surface area contributed by atoms with Gasteiger partial charge in [-0.25, -0.2) is 9.78 Å². The molecule has 3 atom stereocenters. The molecule has 1 fully saturated rings. The van der Waals surface area contributed by atoms with Crippen LogP contribution in [0.4, 0.5) is 10.5 Å². The summed E-state index contributed by atoms with van der Waals surface area (Å²) in [4.78, 5) is 20.9. The smallest absolute Gasteiger partial charge is 0.413 e. The van der Waals surface area contributed by atoms with Crippen LogP contribution in [0.3, 0.4) is 0 Å². The molecule has 0 radical (unpaired) electrons. The third-order valence-corrected chi connectivity index (χ3v) is 4.85. The van der Waals surface area contributed by atoms with Gasteiger partial charge in [0.1, 0.15) is 5.75 Å². The molecule has 1 aliphatic heterocycles. The molecule has 3 unspecified atom stereocenters. The molecule has 4 rings (SSSR count). The Bertz CT molecular complexity index is 729. The van der Waals surface area contributed by atoms with Gasteiger partial charge in [-0.2, -0.15) is 0 Å². The Balaban J connectivity index is 1.68. The van der Waals surface area contributed by atoms with Crippen LogP contribution in [0.2, 0.25) is 0 Å². The number of hydrogen-bond acceptors (Lipinski definition) is 4. The first-order chi connectivity index (χ1) is 11.2. The molecule has 6 nitrogen and oxygen atoms in total. The fourth-order valence-electron chi connectivity index (χ4n) is 3.69. The van der Waals surface area contributed by atoms with Crippen molar-refractivity contribution in [3.05, 3.63) is 42.0 Å². The average Bonchev–Trinajstić information content (AvgIpc) is 3.08. The zero-order valence-electron chi connectivity index (χ0n) is 13.2. The monoisotopic (exact) mass is 313 g/mol. The molecular formula is C17H19N3O3. The van der Waals surface area contributed by atoms with Crippen molar-refractivity contribution in [3.8, 4) is 5.75 Å². The highest BCUT2D eigenvalue weighted by Gasteiger charge is 2.56. The summed E-state index contributed by atoms with van der Waals surface area (Å²) in [5.41, 5.74) is 3.17. The van der Waals surface area contributed by atoms with Crippen LogP contribution in [-0.2, 0) is 4.74 Å². The van der Waals surface area contributed by atoms with E-state index in [0.29, 0.717) is 24.3 Å². The molecule has 1 aromatic heterocycles. The average molecular weight is 313 g/mol. The van der Waals surface area contributed by atoms with Crippen LogP contribution in [0.25, 0.3) is 0 Å². The maximum atomic E-state index is 11.9. The lowest BCUT2D eigenvalue weighted by molar-refractivity contribution is 0.179. The van der Waals surface area contributed by atoms with Crippen LogP contribution in [-0.4, -0.2) is 36.3 Å². The Kier molecular flexibility index (Phi) is 3.25. The van der Waals surface area contributed by atoms with Crippen molar-refractivity contribution in [1.82, 2.24) is 9.97 Å². The zero-order valence-corrected chi connectivity index (χ0v) is 13.2. The Morgan fingerprint density at radius 3 is 3.04 bits per heavy atom. The van der Waals surface area contributed by atoms with Crippen molar-refractivity contribution in [1.29, 1.82) is 0 Å². The molecular weight excluding hydrogens is 294 g/mol. The molecule has 1 saturated carbocycles. The van der Waals surface area contributed by atoms with E-state index in [9.17, 15) is 4.79 Å². The number of ether oxygens (including phenoxy) is 2. The molecule has 0 saturated heterocycles. The minimum Gasteiger partial charge on any atom is -0.493 e. The Hall–Kier alpha value is -2.50. The number of carbonyl (C=O) groups is 1. The van der Waals surface area contributed by atoms with E-state index in [2.05, 4.69) is 16.0 Å². The first kappa shape index (κ1) is 14.1.